The number of ether oxygens (including phenoxy) is 1. The van der Waals surface area contributed by atoms with E-state index in [0.717, 1.165) is 55.6 Å². The summed E-state index contributed by atoms with van der Waals surface area (Å²) in [5.74, 6) is 0.308. The largest absolute Gasteiger partial charge is 0.375 e. The molecule has 4 rings (SSSR count). The van der Waals surface area contributed by atoms with Gasteiger partial charge in [-0.15, -0.1) is 0 Å². The van der Waals surface area contributed by atoms with Gasteiger partial charge in [0.05, 0.1) is 29.8 Å². The van der Waals surface area contributed by atoms with Crippen molar-refractivity contribution in [3.8, 4) is 0 Å². The van der Waals surface area contributed by atoms with Crippen molar-refractivity contribution >= 4 is 17.1 Å². The van der Waals surface area contributed by atoms with Crippen LogP contribution in [0, 0.1) is 23.1 Å². The Labute approximate surface area is 208 Å². The molecule has 0 amide bonds. The lowest BCUT2D eigenvalue weighted by Crippen LogP contribution is -2.29. The van der Waals surface area contributed by atoms with Crippen LogP contribution in [0.25, 0.3) is 0 Å². The quantitative estimate of drug-likeness (QED) is 0.488. The number of allylic oxidation sites excluding steroid dienone is 4. The molecule has 1 aliphatic carbocycles. The van der Waals surface area contributed by atoms with Gasteiger partial charge in [0.15, 0.2) is 0 Å². The van der Waals surface area contributed by atoms with Crippen LogP contribution in [-0.4, -0.2) is 48.4 Å². The zero-order valence-corrected chi connectivity index (χ0v) is 21.4. The number of fused-ring (bicyclic) bond motifs is 1. The molecular formula is C29H37FN4O. The topological polar surface area (TPSA) is 61.0 Å². The maximum Gasteiger partial charge on any atom is 0.123 e. The molecule has 2 heterocycles. The van der Waals surface area contributed by atoms with Crippen molar-refractivity contribution in [3.63, 3.8) is 0 Å². The molecule has 2 aliphatic heterocycles. The second kappa shape index (κ2) is 11.3. The van der Waals surface area contributed by atoms with E-state index in [1.807, 2.05) is 12.1 Å². The molecule has 0 saturated carbocycles. The fourth-order valence-corrected chi connectivity index (χ4v) is 5.29. The Kier molecular flexibility index (Phi) is 8.11. The van der Waals surface area contributed by atoms with Crippen molar-refractivity contribution in [2.75, 3.05) is 20.2 Å². The van der Waals surface area contributed by atoms with Gasteiger partial charge in [-0.2, -0.15) is 5.10 Å². The summed E-state index contributed by atoms with van der Waals surface area (Å²) in [5, 5.41) is 15.0. The molecule has 0 radical (unpaired) electrons. The Bertz CT molecular complexity index is 1100. The number of piperidine rings is 1. The lowest BCUT2D eigenvalue weighted by molar-refractivity contribution is 0.141. The molecule has 0 bridgehead atoms. The van der Waals surface area contributed by atoms with Crippen molar-refractivity contribution < 1.29 is 9.13 Å². The van der Waals surface area contributed by atoms with E-state index in [-0.39, 0.29) is 23.8 Å². The second-order valence-electron chi connectivity index (χ2n) is 9.83. The Balaban J connectivity index is 1.66. The Hall–Kier alpha value is -2.86. The highest BCUT2D eigenvalue weighted by Gasteiger charge is 2.30. The standard InChI is InChI=1S/C29H37FN4O/c1-5-22-15-19(2)28(23-9-11-25(30)12-10-23)33-34-14-6-7-24(29(22)34)16-21-8-13-26(27(17-21)35-4)32-18-20(3)31/h8-13,16,19,21,27,31H,5-7,14-15,17-18H2,1-4H3/b24-16+,31-20?,32-26?. The molecule has 3 atom stereocenters. The number of hydrogen-bond donors (Lipinski definition) is 1. The van der Waals surface area contributed by atoms with Crippen molar-refractivity contribution in [2.45, 2.75) is 59.0 Å². The molecule has 1 aromatic rings. The van der Waals surface area contributed by atoms with Gasteiger partial charge in [0.25, 0.3) is 0 Å². The predicted octanol–water partition coefficient (Wildman–Crippen LogP) is 6.33. The molecule has 5 nitrogen and oxygen atoms in total. The number of hydrazone groups is 1. The average molecular weight is 477 g/mol. The summed E-state index contributed by atoms with van der Waals surface area (Å²) in [6.45, 7) is 7.55. The minimum Gasteiger partial charge on any atom is -0.375 e. The van der Waals surface area contributed by atoms with Crippen molar-refractivity contribution in [1.29, 1.82) is 5.41 Å². The van der Waals surface area contributed by atoms with E-state index in [9.17, 15) is 4.39 Å². The van der Waals surface area contributed by atoms with E-state index in [1.54, 1.807) is 14.0 Å². The molecule has 1 fully saturated rings. The zero-order chi connectivity index (χ0) is 24.9. The molecule has 0 aromatic heterocycles. The minimum absolute atomic E-state index is 0.0576. The van der Waals surface area contributed by atoms with E-state index in [4.69, 9.17) is 15.2 Å². The molecule has 1 aromatic carbocycles. The third-order valence-corrected chi connectivity index (χ3v) is 7.06. The van der Waals surface area contributed by atoms with E-state index < -0.39 is 0 Å². The van der Waals surface area contributed by atoms with Gasteiger partial charge in [0.2, 0.25) is 0 Å². The minimum atomic E-state index is -0.219. The predicted molar refractivity (Wildman–Crippen MR) is 142 cm³/mol. The van der Waals surface area contributed by atoms with Gasteiger partial charge >= 0.3 is 0 Å². The number of methoxy groups -OCH3 is 1. The summed E-state index contributed by atoms with van der Waals surface area (Å²) in [5.41, 5.74) is 7.59. The molecule has 0 spiro atoms. The van der Waals surface area contributed by atoms with Crippen LogP contribution in [-0.2, 0) is 4.74 Å². The van der Waals surface area contributed by atoms with Gasteiger partial charge in [-0.05, 0) is 79.9 Å². The summed E-state index contributed by atoms with van der Waals surface area (Å²) >= 11 is 0. The van der Waals surface area contributed by atoms with Crippen molar-refractivity contribution in [2.24, 2.45) is 21.9 Å². The summed E-state index contributed by atoms with van der Waals surface area (Å²) in [6, 6.07) is 6.74. The molecule has 3 unspecified atom stereocenters. The SMILES string of the molecule is CCC1=C2/C(=C/C3C=CC(=NCC(C)=N)C(OC)C3)CCCN2N=C(c2ccc(F)cc2)C(C)C1. The molecule has 35 heavy (non-hydrogen) atoms. The highest BCUT2D eigenvalue weighted by molar-refractivity contribution is 6.02. The fourth-order valence-electron chi connectivity index (χ4n) is 5.29. The first kappa shape index (κ1) is 25.2. The first-order valence-electron chi connectivity index (χ1n) is 12.7. The highest BCUT2D eigenvalue weighted by Crippen LogP contribution is 2.38. The van der Waals surface area contributed by atoms with Gasteiger partial charge in [0, 0.05) is 25.3 Å². The van der Waals surface area contributed by atoms with E-state index in [0.29, 0.717) is 12.3 Å². The van der Waals surface area contributed by atoms with Crippen molar-refractivity contribution in [1.82, 2.24) is 5.01 Å². The lowest BCUT2D eigenvalue weighted by atomic mass is 9.85. The smallest absolute Gasteiger partial charge is 0.123 e. The van der Waals surface area contributed by atoms with E-state index in [1.165, 1.54) is 29.0 Å². The summed E-state index contributed by atoms with van der Waals surface area (Å²) in [7, 11) is 1.74. The number of halogens is 1. The van der Waals surface area contributed by atoms with Gasteiger partial charge in [-0.3, -0.25) is 10.0 Å². The molecular weight excluding hydrogens is 439 g/mol. The first-order valence-corrected chi connectivity index (χ1v) is 12.7. The first-order chi connectivity index (χ1) is 16.9. The Morgan fingerprint density at radius 2 is 2.09 bits per heavy atom. The Morgan fingerprint density at radius 1 is 1.31 bits per heavy atom. The van der Waals surface area contributed by atoms with Crippen LogP contribution in [0.4, 0.5) is 4.39 Å². The molecule has 1 N–H and O–H groups in total. The lowest BCUT2D eigenvalue weighted by Gasteiger charge is -2.32. The summed E-state index contributed by atoms with van der Waals surface area (Å²) in [6.07, 6.45) is 11.5. The molecule has 3 aliphatic rings. The summed E-state index contributed by atoms with van der Waals surface area (Å²) in [4.78, 5) is 4.57. The second-order valence-corrected chi connectivity index (χ2v) is 9.83. The van der Waals surface area contributed by atoms with E-state index in [2.05, 4.69) is 42.1 Å². The number of benzene rings is 1. The number of rotatable bonds is 6. The van der Waals surface area contributed by atoms with Gasteiger partial charge < -0.3 is 10.1 Å². The third kappa shape index (κ3) is 5.87. The van der Waals surface area contributed by atoms with Crippen LogP contribution in [0.15, 0.2) is 69.4 Å². The van der Waals surface area contributed by atoms with Crippen LogP contribution in [0.5, 0.6) is 0 Å². The molecule has 186 valence electrons. The summed E-state index contributed by atoms with van der Waals surface area (Å²) < 4.78 is 19.3. The molecule has 1 saturated heterocycles. The monoisotopic (exact) mass is 476 g/mol. The maximum absolute atomic E-state index is 13.5. The van der Waals surface area contributed by atoms with Crippen LogP contribution in [0.1, 0.15) is 58.4 Å². The van der Waals surface area contributed by atoms with Crippen LogP contribution in [0.2, 0.25) is 0 Å². The Morgan fingerprint density at radius 3 is 2.77 bits per heavy atom. The third-order valence-electron chi connectivity index (χ3n) is 7.06. The number of hydrogen-bond acceptors (Lipinski definition) is 5. The highest BCUT2D eigenvalue weighted by atomic mass is 19.1. The maximum atomic E-state index is 13.5. The average Bonchev–Trinajstić information content (AvgIpc) is 3.00. The van der Waals surface area contributed by atoms with Crippen LogP contribution < -0.4 is 0 Å². The number of aliphatic imine (C=N–C) groups is 1. The zero-order valence-electron chi connectivity index (χ0n) is 21.4. The van der Waals surface area contributed by atoms with Gasteiger partial charge in [-0.1, -0.05) is 38.1 Å². The van der Waals surface area contributed by atoms with E-state index >= 15 is 0 Å². The fraction of sp³-hybridized carbons (Fsp3) is 0.483. The van der Waals surface area contributed by atoms with Gasteiger partial charge in [0.1, 0.15) is 5.82 Å². The molecule has 6 heteroatoms. The normalized spacial score (nSPS) is 27.2. The van der Waals surface area contributed by atoms with Crippen molar-refractivity contribution in [3.05, 3.63) is 70.7 Å². The van der Waals surface area contributed by atoms with Crippen LogP contribution in [0.3, 0.4) is 0 Å². The van der Waals surface area contributed by atoms with Gasteiger partial charge in [-0.25, -0.2) is 4.39 Å². The number of nitrogens with zero attached hydrogens (tertiary/aromatic N) is 3. The number of nitrogens with one attached hydrogen (secondary N) is 1. The van der Waals surface area contributed by atoms with Crippen LogP contribution >= 0.6 is 0 Å².